The number of carbonyl (C=O) groups is 1. The molecular formula is C13H12N4O3. The van der Waals surface area contributed by atoms with Crippen molar-refractivity contribution in [3.63, 3.8) is 0 Å². The normalized spacial score (nSPS) is 10.1. The SMILES string of the molecule is Cc1cc(NC(=O)c2cccnc2N)ccc1[N+](=O)[O-]. The predicted octanol–water partition coefficient (Wildman–Crippen LogP) is 2.13. The van der Waals surface area contributed by atoms with Crippen molar-refractivity contribution in [1.29, 1.82) is 0 Å². The summed E-state index contributed by atoms with van der Waals surface area (Å²) in [5.74, 6) is -0.285. The number of aromatic nitrogens is 1. The van der Waals surface area contributed by atoms with Gasteiger partial charge in [-0.2, -0.15) is 0 Å². The Balaban J connectivity index is 2.23. The lowest BCUT2D eigenvalue weighted by molar-refractivity contribution is -0.385. The summed E-state index contributed by atoms with van der Waals surface area (Å²) < 4.78 is 0. The van der Waals surface area contributed by atoms with Crippen LogP contribution in [0.3, 0.4) is 0 Å². The van der Waals surface area contributed by atoms with Crippen molar-refractivity contribution in [2.75, 3.05) is 11.1 Å². The van der Waals surface area contributed by atoms with E-state index in [-0.39, 0.29) is 17.1 Å². The Morgan fingerprint density at radius 3 is 2.75 bits per heavy atom. The fraction of sp³-hybridized carbons (Fsp3) is 0.0769. The highest BCUT2D eigenvalue weighted by molar-refractivity contribution is 6.07. The van der Waals surface area contributed by atoms with Gasteiger partial charge in [-0.15, -0.1) is 0 Å². The zero-order valence-corrected chi connectivity index (χ0v) is 10.7. The number of pyridine rings is 1. The maximum atomic E-state index is 12.0. The first-order valence-electron chi connectivity index (χ1n) is 5.76. The number of carbonyl (C=O) groups excluding carboxylic acids is 1. The van der Waals surface area contributed by atoms with E-state index in [0.29, 0.717) is 11.3 Å². The van der Waals surface area contributed by atoms with Crippen molar-refractivity contribution in [3.05, 3.63) is 57.8 Å². The second-order valence-corrected chi connectivity index (χ2v) is 4.15. The van der Waals surface area contributed by atoms with Gasteiger partial charge in [-0.05, 0) is 31.2 Å². The van der Waals surface area contributed by atoms with E-state index in [1.165, 1.54) is 24.4 Å². The topological polar surface area (TPSA) is 111 Å². The number of nitrogens with two attached hydrogens (primary N) is 1. The quantitative estimate of drug-likeness (QED) is 0.656. The molecule has 0 aliphatic carbocycles. The Hall–Kier alpha value is -2.96. The number of anilines is 2. The molecule has 0 aliphatic heterocycles. The molecule has 0 radical (unpaired) electrons. The van der Waals surface area contributed by atoms with Crippen LogP contribution in [0.5, 0.6) is 0 Å². The van der Waals surface area contributed by atoms with Gasteiger partial charge in [-0.3, -0.25) is 14.9 Å². The monoisotopic (exact) mass is 272 g/mol. The summed E-state index contributed by atoms with van der Waals surface area (Å²) in [5, 5.41) is 13.3. The van der Waals surface area contributed by atoms with Crippen molar-refractivity contribution < 1.29 is 9.72 Å². The maximum Gasteiger partial charge on any atom is 0.272 e. The smallest absolute Gasteiger partial charge is 0.272 e. The lowest BCUT2D eigenvalue weighted by atomic mass is 10.1. The fourth-order valence-electron chi connectivity index (χ4n) is 1.75. The van der Waals surface area contributed by atoms with Gasteiger partial charge in [0.15, 0.2) is 0 Å². The third kappa shape index (κ3) is 2.72. The molecule has 0 unspecified atom stereocenters. The van der Waals surface area contributed by atoms with Crippen molar-refractivity contribution in [3.8, 4) is 0 Å². The average Bonchev–Trinajstić information content (AvgIpc) is 2.38. The molecule has 0 aliphatic rings. The number of benzene rings is 1. The summed E-state index contributed by atoms with van der Waals surface area (Å²) >= 11 is 0. The Labute approximate surface area is 114 Å². The average molecular weight is 272 g/mol. The van der Waals surface area contributed by atoms with Crippen molar-refractivity contribution in [2.45, 2.75) is 6.92 Å². The van der Waals surface area contributed by atoms with Gasteiger partial charge in [0.25, 0.3) is 11.6 Å². The molecule has 7 nitrogen and oxygen atoms in total. The van der Waals surface area contributed by atoms with Crippen molar-refractivity contribution in [1.82, 2.24) is 4.98 Å². The van der Waals surface area contributed by atoms with Crippen LogP contribution in [-0.2, 0) is 0 Å². The standard InChI is InChI=1S/C13H12N4O3/c1-8-7-9(4-5-11(8)17(19)20)16-13(18)10-3-2-6-15-12(10)14/h2-7H,1H3,(H2,14,15)(H,16,18). The van der Waals surface area contributed by atoms with Crippen LogP contribution < -0.4 is 11.1 Å². The second kappa shape index (κ2) is 5.35. The molecule has 1 amide bonds. The molecule has 1 heterocycles. The lowest BCUT2D eigenvalue weighted by Crippen LogP contribution is -2.14. The number of nitro groups is 1. The van der Waals surface area contributed by atoms with E-state index in [1.807, 2.05) is 0 Å². The zero-order valence-electron chi connectivity index (χ0n) is 10.7. The number of nitrogen functional groups attached to an aromatic ring is 1. The van der Waals surface area contributed by atoms with Gasteiger partial charge < -0.3 is 11.1 Å². The Morgan fingerprint density at radius 2 is 2.15 bits per heavy atom. The molecule has 20 heavy (non-hydrogen) atoms. The minimum atomic E-state index is -0.472. The van der Waals surface area contributed by atoms with Gasteiger partial charge in [0, 0.05) is 23.5 Å². The fourth-order valence-corrected chi connectivity index (χ4v) is 1.75. The van der Waals surface area contributed by atoms with E-state index >= 15 is 0 Å². The van der Waals surface area contributed by atoms with Crippen LogP contribution in [0.25, 0.3) is 0 Å². The van der Waals surface area contributed by atoms with Crippen LogP contribution in [0.15, 0.2) is 36.5 Å². The van der Waals surface area contributed by atoms with Crippen LogP contribution in [0.2, 0.25) is 0 Å². The van der Waals surface area contributed by atoms with Crippen LogP contribution in [-0.4, -0.2) is 15.8 Å². The molecule has 0 fully saturated rings. The molecule has 0 saturated heterocycles. The third-order valence-corrected chi connectivity index (χ3v) is 2.73. The van der Waals surface area contributed by atoms with E-state index < -0.39 is 10.8 Å². The van der Waals surface area contributed by atoms with E-state index in [2.05, 4.69) is 10.3 Å². The summed E-state index contributed by atoms with van der Waals surface area (Å²) in [4.78, 5) is 26.1. The molecule has 2 rings (SSSR count). The van der Waals surface area contributed by atoms with E-state index in [9.17, 15) is 14.9 Å². The van der Waals surface area contributed by atoms with Gasteiger partial charge >= 0.3 is 0 Å². The maximum absolute atomic E-state index is 12.0. The van der Waals surface area contributed by atoms with Crippen molar-refractivity contribution in [2.24, 2.45) is 0 Å². The van der Waals surface area contributed by atoms with Crippen LogP contribution >= 0.6 is 0 Å². The predicted molar refractivity (Wildman–Crippen MR) is 74.4 cm³/mol. The van der Waals surface area contributed by atoms with Gasteiger partial charge in [0.2, 0.25) is 0 Å². The molecule has 7 heteroatoms. The van der Waals surface area contributed by atoms with Gasteiger partial charge in [-0.25, -0.2) is 4.98 Å². The number of rotatable bonds is 3. The minimum Gasteiger partial charge on any atom is -0.383 e. The largest absolute Gasteiger partial charge is 0.383 e. The molecule has 3 N–H and O–H groups in total. The van der Waals surface area contributed by atoms with Gasteiger partial charge in [-0.1, -0.05) is 0 Å². The first-order chi connectivity index (χ1) is 9.49. The molecule has 0 saturated carbocycles. The van der Waals surface area contributed by atoms with Crippen LogP contribution in [0.1, 0.15) is 15.9 Å². The summed E-state index contributed by atoms with van der Waals surface area (Å²) in [5.41, 5.74) is 6.79. The summed E-state index contributed by atoms with van der Waals surface area (Å²) in [6, 6.07) is 7.50. The number of amides is 1. The highest BCUT2D eigenvalue weighted by Gasteiger charge is 2.13. The van der Waals surface area contributed by atoms with Crippen LogP contribution in [0, 0.1) is 17.0 Å². The first kappa shape index (κ1) is 13.5. The summed E-state index contributed by atoms with van der Waals surface area (Å²) in [6.45, 7) is 1.60. The Kier molecular flexibility index (Phi) is 3.60. The molecule has 0 atom stereocenters. The van der Waals surface area contributed by atoms with Gasteiger partial charge in [0.1, 0.15) is 5.82 Å². The van der Waals surface area contributed by atoms with Gasteiger partial charge in [0.05, 0.1) is 10.5 Å². The van der Waals surface area contributed by atoms with E-state index in [1.54, 1.807) is 19.1 Å². The Morgan fingerprint density at radius 1 is 1.40 bits per heavy atom. The number of nitrogens with one attached hydrogen (secondary N) is 1. The molecule has 102 valence electrons. The summed E-state index contributed by atoms with van der Waals surface area (Å²) in [6.07, 6.45) is 1.49. The minimum absolute atomic E-state index is 0.00360. The number of nitro benzene ring substituents is 1. The highest BCUT2D eigenvalue weighted by atomic mass is 16.6. The second-order valence-electron chi connectivity index (χ2n) is 4.15. The zero-order chi connectivity index (χ0) is 14.7. The molecule has 2 aromatic rings. The number of hydrogen-bond donors (Lipinski definition) is 2. The Bertz CT molecular complexity index is 685. The van der Waals surface area contributed by atoms with E-state index in [0.717, 1.165) is 0 Å². The molecule has 1 aromatic carbocycles. The number of aryl methyl sites for hydroxylation is 1. The number of hydrogen-bond acceptors (Lipinski definition) is 5. The lowest BCUT2D eigenvalue weighted by Gasteiger charge is -2.07. The third-order valence-electron chi connectivity index (χ3n) is 2.73. The molecular weight excluding hydrogens is 260 g/mol. The molecule has 0 bridgehead atoms. The van der Waals surface area contributed by atoms with Crippen LogP contribution in [0.4, 0.5) is 17.2 Å². The summed E-state index contributed by atoms with van der Waals surface area (Å²) in [7, 11) is 0. The first-order valence-corrected chi connectivity index (χ1v) is 5.76. The van der Waals surface area contributed by atoms with Crippen molar-refractivity contribution >= 4 is 23.1 Å². The molecule has 1 aromatic heterocycles. The number of nitrogens with zero attached hydrogens (tertiary/aromatic N) is 2. The highest BCUT2D eigenvalue weighted by Crippen LogP contribution is 2.22. The molecule has 0 spiro atoms. The van der Waals surface area contributed by atoms with E-state index in [4.69, 9.17) is 5.73 Å².